The first-order chi connectivity index (χ1) is 15.7. The Bertz CT molecular complexity index is 1290. The van der Waals surface area contributed by atoms with Crippen LogP contribution in [0, 0.1) is 11.7 Å². The highest BCUT2D eigenvalue weighted by molar-refractivity contribution is 7.90. The van der Waals surface area contributed by atoms with Gasteiger partial charge in [0.25, 0.3) is 0 Å². The molecule has 0 fully saturated rings. The molecule has 1 amide bonds. The van der Waals surface area contributed by atoms with Gasteiger partial charge in [0.1, 0.15) is 27.6 Å². The first kappa shape index (κ1) is 23.0. The Hall–Kier alpha value is -3.21. The molecule has 0 spiro atoms. The van der Waals surface area contributed by atoms with Crippen molar-refractivity contribution in [1.82, 2.24) is 20.3 Å². The van der Waals surface area contributed by atoms with Crippen LogP contribution in [0.5, 0.6) is 17.4 Å². The van der Waals surface area contributed by atoms with Crippen LogP contribution in [0.1, 0.15) is 24.1 Å². The van der Waals surface area contributed by atoms with Crippen LogP contribution in [-0.2, 0) is 27.5 Å². The van der Waals surface area contributed by atoms with Gasteiger partial charge in [-0.15, -0.1) is 0 Å². The molecule has 11 heteroatoms. The largest absolute Gasteiger partial charge is 0.493 e. The molecule has 0 saturated heterocycles. The van der Waals surface area contributed by atoms with E-state index in [4.69, 9.17) is 9.47 Å². The molecule has 2 N–H and O–H groups in total. The minimum atomic E-state index is -3.05. The number of aryl methyl sites for hydroxylation is 1. The fraction of sp³-hybridized carbons (Fsp3) is 0.409. The first-order valence-electron chi connectivity index (χ1n) is 10.6. The Balaban J connectivity index is 1.55. The summed E-state index contributed by atoms with van der Waals surface area (Å²) >= 11 is 0. The van der Waals surface area contributed by atoms with E-state index in [0.29, 0.717) is 49.0 Å². The van der Waals surface area contributed by atoms with E-state index in [1.54, 1.807) is 0 Å². The molecule has 0 unspecified atom stereocenters. The number of H-pyrrole nitrogens is 1. The van der Waals surface area contributed by atoms with Crippen molar-refractivity contribution in [3.63, 3.8) is 0 Å². The average molecular weight is 477 g/mol. The molecule has 3 aromatic rings. The molecule has 176 valence electrons. The smallest absolute Gasteiger partial charge is 0.232 e. The van der Waals surface area contributed by atoms with Crippen LogP contribution in [0.15, 0.2) is 24.5 Å². The Morgan fingerprint density at radius 2 is 2.12 bits per heavy atom. The molecule has 0 saturated carbocycles. The topological polar surface area (TPSA) is 123 Å². The van der Waals surface area contributed by atoms with E-state index in [1.807, 2.05) is 0 Å². The number of aromatic amines is 1. The normalized spacial score (nSPS) is 15.8. The van der Waals surface area contributed by atoms with Gasteiger partial charge < -0.3 is 19.8 Å². The van der Waals surface area contributed by atoms with Gasteiger partial charge in [0.05, 0.1) is 18.2 Å². The summed E-state index contributed by atoms with van der Waals surface area (Å²) in [7, 11) is -1.63. The third kappa shape index (κ3) is 5.24. The quantitative estimate of drug-likeness (QED) is 0.479. The molecular weight excluding hydrogens is 451 g/mol. The number of carbonyl (C=O) groups excluding carboxylic acids is 1. The van der Waals surface area contributed by atoms with Crippen LogP contribution < -0.4 is 14.8 Å². The zero-order valence-corrected chi connectivity index (χ0v) is 19.2. The molecule has 9 nitrogen and oxygen atoms in total. The molecule has 4 rings (SSSR count). The number of rotatable bonds is 8. The number of halogens is 1. The molecular formula is C22H25FN4O5S. The van der Waals surface area contributed by atoms with Crippen molar-refractivity contribution in [2.24, 2.45) is 5.92 Å². The molecule has 1 atom stereocenters. The number of hydrogen-bond donors (Lipinski definition) is 2. The van der Waals surface area contributed by atoms with E-state index in [2.05, 4.69) is 20.3 Å². The summed E-state index contributed by atoms with van der Waals surface area (Å²) in [4.78, 5) is 24.6. The maximum Gasteiger partial charge on any atom is 0.232 e. The van der Waals surface area contributed by atoms with Gasteiger partial charge in [-0.2, -0.15) is 0 Å². The van der Waals surface area contributed by atoms with E-state index in [0.717, 1.165) is 11.3 Å². The maximum absolute atomic E-state index is 13.6. The highest BCUT2D eigenvalue weighted by Crippen LogP contribution is 2.38. The van der Waals surface area contributed by atoms with Gasteiger partial charge >= 0.3 is 0 Å². The van der Waals surface area contributed by atoms with Crippen LogP contribution in [0.25, 0.3) is 11.0 Å². The van der Waals surface area contributed by atoms with E-state index >= 15 is 0 Å². The van der Waals surface area contributed by atoms with Crippen molar-refractivity contribution in [2.45, 2.75) is 25.7 Å². The van der Waals surface area contributed by atoms with Gasteiger partial charge in [0.2, 0.25) is 11.8 Å². The van der Waals surface area contributed by atoms with E-state index < -0.39 is 15.7 Å². The number of ether oxygens (including phenoxy) is 2. The Labute approximate surface area is 190 Å². The Morgan fingerprint density at radius 1 is 1.30 bits per heavy atom. The molecule has 1 aromatic carbocycles. The van der Waals surface area contributed by atoms with Crippen molar-refractivity contribution >= 4 is 26.8 Å². The summed E-state index contributed by atoms with van der Waals surface area (Å²) in [5, 5.41) is 3.52. The Morgan fingerprint density at radius 3 is 2.88 bits per heavy atom. The van der Waals surface area contributed by atoms with Crippen LogP contribution in [0.3, 0.4) is 0 Å². The highest BCUT2D eigenvalue weighted by Gasteiger charge is 2.29. The number of aromatic nitrogens is 3. The fourth-order valence-electron chi connectivity index (χ4n) is 4.03. The zero-order valence-electron chi connectivity index (χ0n) is 18.4. The van der Waals surface area contributed by atoms with E-state index in [1.165, 1.54) is 37.9 Å². The van der Waals surface area contributed by atoms with E-state index in [9.17, 15) is 17.6 Å². The van der Waals surface area contributed by atoms with Crippen LogP contribution in [-0.4, -0.2) is 54.9 Å². The van der Waals surface area contributed by atoms with Crippen molar-refractivity contribution in [3.8, 4) is 17.4 Å². The van der Waals surface area contributed by atoms with E-state index in [-0.39, 0.29) is 29.2 Å². The van der Waals surface area contributed by atoms with Crippen molar-refractivity contribution in [1.29, 1.82) is 0 Å². The number of methoxy groups -OCH3 is 1. The molecule has 1 aliphatic rings. The molecule has 0 radical (unpaired) electrons. The molecule has 0 aliphatic heterocycles. The molecule has 0 bridgehead atoms. The minimum absolute atomic E-state index is 0.0371. The van der Waals surface area contributed by atoms with Gasteiger partial charge in [-0.1, -0.05) is 0 Å². The SMILES string of the molecule is COc1cc(F)ccc1Oc1ncnc2[nH]c3c(c12)C[C@@H](C(=O)NCCCS(C)(=O)=O)CC3. The van der Waals surface area contributed by atoms with Gasteiger partial charge in [0, 0.05) is 30.5 Å². The number of nitrogens with one attached hydrogen (secondary N) is 2. The lowest BCUT2D eigenvalue weighted by molar-refractivity contribution is -0.125. The number of fused-ring (bicyclic) bond motifs is 3. The summed E-state index contributed by atoms with van der Waals surface area (Å²) in [5.74, 6) is 0.0525. The number of sulfone groups is 1. The second-order valence-electron chi connectivity index (χ2n) is 8.10. The monoisotopic (exact) mass is 476 g/mol. The number of benzene rings is 1. The lowest BCUT2D eigenvalue weighted by Gasteiger charge is -2.22. The van der Waals surface area contributed by atoms with Crippen molar-refractivity contribution < 1.29 is 27.1 Å². The summed E-state index contributed by atoms with van der Waals surface area (Å²) in [6.07, 6.45) is 4.72. The van der Waals surface area contributed by atoms with Gasteiger partial charge in [-0.25, -0.2) is 22.8 Å². The number of hydrogen-bond acceptors (Lipinski definition) is 7. The Kier molecular flexibility index (Phi) is 6.50. The predicted octanol–water partition coefficient (Wildman–Crippen LogP) is 2.55. The predicted molar refractivity (Wildman–Crippen MR) is 120 cm³/mol. The molecule has 33 heavy (non-hydrogen) atoms. The number of carbonyl (C=O) groups is 1. The van der Waals surface area contributed by atoms with Crippen LogP contribution in [0.4, 0.5) is 4.39 Å². The number of nitrogens with zero attached hydrogens (tertiary/aromatic N) is 2. The summed E-state index contributed by atoms with van der Waals surface area (Å²) < 4.78 is 47.3. The summed E-state index contributed by atoms with van der Waals surface area (Å²) in [6, 6.07) is 3.96. The lowest BCUT2D eigenvalue weighted by Crippen LogP contribution is -2.35. The third-order valence-corrected chi connectivity index (χ3v) is 6.67. The molecule has 1 aliphatic carbocycles. The maximum atomic E-state index is 13.6. The van der Waals surface area contributed by atoms with Gasteiger partial charge in [0.15, 0.2) is 11.5 Å². The first-order valence-corrected chi connectivity index (χ1v) is 12.6. The summed E-state index contributed by atoms with van der Waals surface area (Å²) in [5.41, 5.74) is 2.48. The van der Waals surface area contributed by atoms with Crippen LogP contribution in [0.2, 0.25) is 0 Å². The average Bonchev–Trinajstić information content (AvgIpc) is 3.15. The second-order valence-corrected chi connectivity index (χ2v) is 10.4. The standard InChI is InChI=1S/C22H25FN4O5S/c1-31-18-11-14(23)5-7-17(18)32-22-19-15-10-13(21(28)24-8-3-9-33(2,29)30)4-6-16(15)27-20(19)25-12-26-22/h5,7,11-13H,3-4,6,8-10H2,1-2H3,(H,24,28)(H,25,26,27)/t13-/m0/s1. The van der Waals surface area contributed by atoms with Crippen LogP contribution >= 0.6 is 0 Å². The minimum Gasteiger partial charge on any atom is -0.493 e. The molecule has 2 heterocycles. The molecule has 2 aromatic heterocycles. The second kappa shape index (κ2) is 9.34. The highest BCUT2D eigenvalue weighted by atomic mass is 32.2. The van der Waals surface area contributed by atoms with Crippen molar-refractivity contribution in [3.05, 3.63) is 41.6 Å². The zero-order chi connectivity index (χ0) is 23.6. The lowest BCUT2D eigenvalue weighted by atomic mass is 9.86. The third-order valence-electron chi connectivity index (χ3n) is 5.64. The number of amides is 1. The fourth-order valence-corrected chi connectivity index (χ4v) is 4.70. The van der Waals surface area contributed by atoms with Gasteiger partial charge in [-0.3, -0.25) is 4.79 Å². The summed E-state index contributed by atoms with van der Waals surface area (Å²) in [6.45, 7) is 0.310. The van der Waals surface area contributed by atoms with Gasteiger partial charge in [-0.05, 0) is 43.4 Å². The van der Waals surface area contributed by atoms with Crippen molar-refractivity contribution in [2.75, 3.05) is 25.7 Å².